The standard InChI is InChI=1S/C12H19FO3/c1-4-6-11(13)9-10(2)16-8-5-7-12(3,14)15/h4,6,9,14-15H,1,5,7-8H2,2-3H3/b10-9+,11-6+. The normalized spacial score (nSPS) is 13.8. The van der Waals surface area contributed by atoms with Crippen LogP contribution in [0.4, 0.5) is 4.39 Å². The summed E-state index contributed by atoms with van der Waals surface area (Å²) in [5.74, 6) is -1.66. The topological polar surface area (TPSA) is 49.7 Å². The third kappa shape index (κ3) is 9.43. The van der Waals surface area contributed by atoms with Crippen molar-refractivity contribution in [1.29, 1.82) is 0 Å². The monoisotopic (exact) mass is 230 g/mol. The molecule has 0 saturated heterocycles. The van der Waals surface area contributed by atoms with Crippen molar-refractivity contribution in [3.63, 3.8) is 0 Å². The second-order valence-electron chi connectivity index (χ2n) is 3.71. The van der Waals surface area contributed by atoms with Gasteiger partial charge in [0.25, 0.3) is 0 Å². The van der Waals surface area contributed by atoms with E-state index < -0.39 is 11.6 Å². The lowest BCUT2D eigenvalue weighted by atomic mass is 10.2. The highest BCUT2D eigenvalue weighted by molar-refractivity contribution is 5.17. The van der Waals surface area contributed by atoms with Crippen LogP contribution in [0.3, 0.4) is 0 Å². The number of allylic oxidation sites excluding steroid dienone is 5. The molecule has 0 atom stereocenters. The van der Waals surface area contributed by atoms with Gasteiger partial charge in [-0.15, -0.1) is 0 Å². The molecule has 0 aromatic rings. The molecule has 4 heteroatoms. The minimum atomic E-state index is -1.67. The molecule has 0 radical (unpaired) electrons. The Labute approximate surface area is 95.6 Å². The van der Waals surface area contributed by atoms with E-state index in [0.29, 0.717) is 18.8 Å². The second-order valence-corrected chi connectivity index (χ2v) is 3.71. The first kappa shape index (κ1) is 14.9. The zero-order chi connectivity index (χ0) is 12.6. The summed E-state index contributed by atoms with van der Waals surface area (Å²) >= 11 is 0. The highest BCUT2D eigenvalue weighted by atomic mass is 19.1. The Morgan fingerprint density at radius 1 is 1.50 bits per heavy atom. The number of aliphatic hydroxyl groups is 2. The molecule has 0 aliphatic rings. The van der Waals surface area contributed by atoms with Crippen LogP contribution in [0.1, 0.15) is 26.7 Å². The summed E-state index contributed by atoms with van der Waals surface area (Å²) < 4.78 is 18.1. The van der Waals surface area contributed by atoms with Gasteiger partial charge in [0, 0.05) is 12.5 Å². The molecule has 0 aromatic carbocycles. The number of hydrogen-bond acceptors (Lipinski definition) is 3. The molecule has 16 heavy (non-hydrogen) atoms. The minimum Gasteiger partial charge on any atom is -0.498 e. The van der Waals surface area contributed by atoms with Gasteiger partial charge >= 0.3 is 0 Å². The lowest BCUT2D eigenvalue weighted by Crippen LogP contribution is -2.23. The molecule has 0 rings (SSSR count). The number of ether oxygens (including phenoxy) is 1. The molecule has 0 aliphatic carbocycles. The van der Waals surface area contributed by atoms with Crippen molar-refractivity contribution in [1.82, 2.24) is 0 Å². The predicted octanol–water partition coefficient (Wildman–Crippen LogP) is 2.43. The second kappa shape index (κ2) is 7.19. The maximum absolute atomic E-state index is 12.9. The zero-order valence-electron chi connectivity index (χ0n) is 9.74. The lowest BCUT2D eigenvalue weighted by Gasteiger charge is -2.15. The Balaban J connectivity index is 3.86. The Bertz CT molecular complexity index is 274. The van der Waals surface area contributed by atoms with Crippen LogP contribution in [0.2, 0.25) is 0 Å². The molecule has 0 unspecified atom stereocenters. The molecule has 0 saturated carbocycles. The summed E-state index contributed by atoms with van der Waals surface area (Å²) in [6.07, 6.45) is 4.53. The molecule has 2 N–H and O–H groups in total. The maximum Gasteiger partial charge on any atom is 0.159 e. The predicted molar refractivity (Wildman–Crippen MR) is 61.2 cm³/mol. The summed E-state index contributed by atoms with van der Waals surface area (Å²) in [7, 11) is 0. The van der Waals surface area contributed by atoms with Crippen LogP contribution >= 0.6 is 0 Å². The molecular formula is C12H19FO3. The van der Waals surface area contributed by atoms with Crippen molar-refractivity contribution >= 4 is 0 Å². The first-order valence-electron chi connectivity index (χ1n) is 5.09. The first-order chi connectivity index (χ1) is 7.35. The van der Waals surface area contributed by atoms with Gasteiger partial charge < -0.3 is 14.9 Å². The summed E-state index contributed by atoms with van der Waals surface area (Å²) in [6.45, 7) is 6.63. The summed E-state index contributed by atoms with van der Waals surface area (Å²) in [5.41, 5.74) is 0. The molecule has 3 nitrogen and oxygen atoms in total. The van der Waals surface area contributed by atoms with Crippen molar-refractivity contribution in [2.75, 3.05) is 6.61 Å². The van der Waals surface area contributed by atoms with Crippen molar-refractivity contribution in [2.24, 2.45) is 0 Å². The van der Waals surface area contributed by atoms with Crippen LogP contribution < -0.4 is 0 Å². The molecule has 0 heterocycles. The highest BCUT2D eigenvalue weighted by Gasteiger charge is 2.13. The molecule has 0 amide bonds. The number of rotatable bonds is 7. The van der Waals surface area contributed by atoms with Crippen LogP contribution in [0.5, 0.6) is 0 Å². The van der Waals surface area contributed by atoms with E-state index in [1.54, 1.807) is 6.92 Å². The SMILES string of the molecule is C=C/C=C(F)\C=C(/C)OCCCC(C)(O)O. The molecular weight excluding hydrogens is 211 g/mol. The molecule has 0 bridgehead atoms. The van der Waals surface area contributed by atoms with E-state index in [2.05, 4.69) is 6.58 Å². The van der Waals surface area contributed by atoms with Crippen LogP contribution in [-0.4, -0.2) is 22.6 Å². The summed E-state index contributed by atoms with van der Waals surface area (Å²) in [4.78, 5) is 0. The van der Waals surface area contributed by atoms with Crippen LogP contribution in [0.15, 0.2) is 36.4 Å². The minimum absolute atomic E-state index is 0.214. The van der Waals surface area contributed by atoms with E-state index in [1.165, 1.54) is 25.2 Å². The fourth-order valence-electron chi connectivity index (χ4n) is 1.04. The Hall–Kier alpha value is -1.13. The Morgan fingerprint density at radius 3 is 2.62 bits per heavy atom. The molecule has 0 aromatic heterocycles. The summed E-state index contributed by atoms with van der Waals surface area (Å²) in [6, 6.07) is 0. The fraction of sp³-hybridized carbons (Fsp3) is 0.500. The van der Waals surface area contributed by atoms with Gasteiger partial charge in [0.1, 0.15) is 5.83 Å². The van der Waals surface area contributed by atoms with Crippen molar-refractivity contribution in [2.45, 2.75) is 32.5 Å². The zero-order valence-corrected chi connectivity index (χ0v) is 9.74. The van der Waals surface area contributed by atoms with Gasteiger partial charge in [-0.1, -0.05) is 12.7 Å². The third-order valence-corrected chi connectivity index (χ3v) is 1.74. The average molecular weight is 230 g/mol. The van der Waals surface area contributed by atoms with Gasteiger partial charge in [-0.05, 0) is 26.3 Å². The van der Waals surface area contributed by atoms with Gasteiger partial charge in [0.05, 0.1) is 12.4 Å². The van der Waals surface area contributed by atoms with Crippen LogP contribution in [0, 0.1) is 0 Å². The molecule has 0 aliphatic heterocycles. The number of hydrogen-bond donors (Lipinski definition) is 2. The van der Waals surface area contributed by atoms with E-state index in [4.69, 9.17) is 14.9 Å². The van der Waals surface area contributed by atoms with Gasteiger partial charge in [0.15, 0.2) is 5.79 Å². The van der Waals surface area contributed by atoms with Gasteiger partial charge in [0.2, 0.25) is 0 Å². The van der Waals surface area contributed by atoms with E-state index in [9.17, 15) is 4.39 Å². The van der Waals surface area contributed by atoms with Gasteiger partial charge in [-0.2, -0.15) is 0 Å². The lowest BCUT2D eigenvalue weighted by molar-refractivity contribution is -0.151. The Kier molecular flexibility index (Phi) is 6.69. The smallest absolute Gasteiger partial charge is 0.159 e. The fourth-order valence-corrected chi connectivity index (χ4v) is 1.04. The van der Waals surface area contributed by atoms with E-state index in [-0.39, 0.29) is 6.42 Å². The van der Waals surface area contributed by atoms with Gasteiger partial charge in [-0.3, -0.25) is 0 Å². The molecule has 0 spiro atoms. The molecule has 92 valence electrons. The van der Waals surface area contributed by atoms with Crippen molar-refractivity contribution < 1.29 is 19.3 Å². The van der Waals surface area contributed by atoms with Crippen molar-refractivity contribution in [3.8, 4) is 0 Å². The van der Waals surface area contributed by atoms with E-state index >= 15 is 0 Å². The largest absolute Gasteiger partial charge is 0.498 e. The first-order valence-corrected chi connectivity index (χ1v) is 5.09. The average Bonchev–Trinajstić information content (AvgIpc) is 2.11. The summed E-state index contributed by atoms with van der Waals surface area (Å²) in [5, 5.41) is 18.0. The number of halogens is 1. The maximum atomic E-state index is 12.9. The van der Waals surface area contributed by atoms with Crippen LogP contribution in [0.25, 0.3) is 0 Å². The van der Waals surface area contributed by atoms with E-state index in [1.807, 2.05) is 0 Å². The van der Waals surface area contributed by atoms with Crippen LogP contribution in [-0.2, 0) is 4.74 Å². The Morgan fingerprint density at radius 2 is 2.12 bits per heavy atom. The quantitative estimate of drug-likeness (QED) is 0.305. The highest BCUT2D eigenvalue weighted by Crippen LogP contribution is 2.10. The third-order valence-electron chi connectivity index (χ3n) is 1.74. The van der Waals surface area contributed by atoms with E-state index in [0.717, 1.165) is 0 Å². The molecule has 0 fully saturated rings. The van der Waals surface area contributed by atoms with Gasteiger partial charge in [-0.25, -0.2) is 4.39 Å². The van der Waals surface area contributed by atoms with Crippen molar-refractivity contribution in [3.05, 3.63) is 36.4 Å².